The van der Waals surface area contributed by atoms with Crippen molar-refractivity contribution in [3.63, 3.8) is 0 Å². The summed E-state index contributed by atoms with van der Waals surface area (Å²) in [7, 11) is 0. The van der Waals surface area contributed by atoms with Crippen molar-refractivity contribution in [1.82, 2.24) is 5.32 Å². The van der Waals surface area contributed by atoms with Gasteiger partial charge in [0.25, 0.3) is 0 Å². The number of anilines is 1. The molecule has 1 aromatic carbocycles. The monoisotopic (exact) mass is 356 g/mol. The molecule has 0 aromatic heterocycles. The van der Waals surface area contributed by atoms with E-state index in [1.807, 2.05) is 0 Å². The molecule has 0 spiro atoms. The molecule has 1 unspecified atom stereocenters. The highest BCUT2D eigenvalue weighted by Crippen LogP contribution is 2.60. The number of carbonyl (C=O) groups is 2. The molecule has 1 atom stereocenters. The third-order valence-electron chi connectivity index (χ3n) is 7.17. The van der Waals surface area contributed by atoms with Crippen LogP contribution in [0.1, 0.15) is 44.9 Å². The summed E-state index contributed by atoms with van der Waals surface area (Å²) in [5.41, 5.74) is 0.0598. The van der Waals surface area contributed by atoms with Gasteiger partial charge in [-0.2, -0.15) is 0 Å². The summed E-state index contributed by atoms with van der Waals surface area (Å²) < 4.78 is 14.0. The van der Waals surface area contributed by atoms with Crippen molar-refractivity contribution < 1.29 is 14.0 Å². The van der Waals surface area contributed by atoms with Crippen molar-refractivity contribution in [1.29, 1.82) is 0 Å². The van der Waals surface area contributed by atoms with Gasteiger partial charge in [-0.15, -0.1) is 0 Å². The third kappa shape index (κ3) is 2.47. The van der Waals surface area contributed by atoms with Gasteiger partial charge in [-0.25, -0.2) is 4.39 Å². The van der Waals surface area contributed by atoms with Crippen molar-refractivity contribution in [3.8, 4) is 0 Å². The third-order valence-corrected chi connectivity index (χ3v) is 7.17. The van der Waals surface area contributed by atoms with E-state index in [2.05, 4.69) is 5.32 Å². The number of rotatable bonds is 3. The minimum atomic E-state index is -0.518. The van der Waals surface area contributed by atoms with Gasteiger partial charge in [-0.3, -0.25) is 9.59 Å². The average Bonchev–Trinajstić information content (AvgIpc) is 2.95. The highest BCUT2D eigenvalue weighted by molar-refractivity contribution is 6.02. The maximum absolute atomic E-state index is 14.0. The fraction of sp³-hybridized carbons (Fsp3) is 0.619. The molecule has 1 heterocycles. The fourth-order valence-electron chi connectivity index (χ4n) is 6.42. The molecule has 2 amide bonds. The van der Waals surface area contributed by atoms with Crippen LogP contribution in [0.2, 0.25) is 0 Å². The molecule has 138 valence electrons. The first-order valence-corrected chi connectivity index (χ1v) is 9.91. The zero-order valence-corrected chi connectivity index (χ0v) is 14.9. The van der Waals surface area contributed by atoms with Gasteiger partial charge >= 0.3 is 0 Å². The van der Waals surface area contributed by atoms with Crippen LogP contribution in [0, 0.1) is 29.0 Å². The van der Waals surface area contributed by atoms with E-state index in [-0.39, 0.29) is 17.2 Å². The smallest absolute Gasteiger partial charge is 0.249 e. The van der Waals surface area contributed by atoms with E-state index in [0.717, 1.165) is 19.3 Å². The van der Waals surface area contributed by atoms with Gasteiger partial charge in [-0.1, -0.05) is 12.1 Å². The van der Waals surface area contributed by atoms with E-state index < -0.39 is 11.9 Å². The maximum Gasteiger partial charge on any atom is 0.249 e. The number of halogens is 1. The molecule has 6 rings (SSSR count). The Morgan fingerprint density at radius 3 is 2.31 bits per heavy atom. The number of carbonyl (C=O) groups excluding carboxylic acids is 2. The Kier molecular flexibility index (Phi) is 3.63. The second-order valence-electron chi connectivity index (χ2n) is 8.95. The van der Waals surface area contributed by atoms with Crippen LogP contribution in [0.3, 0.4) is 0 Å². The normalized spacial score (nSPS) is 38.0. The summed E-state index contributed by atoms with van der Waals surface area (Å²) in [6.07, 6.45) is 7.38. The van der Waals surface area contributed by atoms with Crippen LogP contribution in [0.5, 0.6) is 0 Å². The largest absolute Gasteiger partial charge is 0.344 e. The quantitative estimate of drug-likeness (QED) is 0.904. The van der Waals surface area contributed by atoms with E-state index in [1.54, 1.807) is 18.2 Å². The molecule has 5 heteroatoms. The molecule has 1 aliphatic heterocycles. The predicted molar refractivity (Wildman–Crippen MR) is 95.9 cm³/mol. The molecule has 0 radical (unpaired) electrons. The Morgan fingerprint density at radius 2 is 1.69 bits per heavy atom. The van der Waals surface area contributed by atoms with Crippen LogP contribution >= 0.6 is 0 Å². The number of amides is 2. The van der Waals surface area contributed by atoms with Crippen LogP contribution < -0.4 is 10.2 Å². The van der Waals surface area contributed by atoms with E-state index in [9.17, 15) is 14.0 Å². The Balaban J connectivity index is 1.31. The molecule has 1 saturated heterocycles. The first-order valence-electron chi connectivity index (χ1n) is 9.91. The number of hydrogen-bond acceptors (Lipinski definition) is 2. The first-order chi connectivity index (χ1) is 12.5. The molecular weight excluding hydrogens is 331 g/mol. The van der Waals surface area contributed by atoms with Crippen molar-refractivity contribution in [2.24, 2.45) is 23.2 Å². The number of hydrogen-bond donors (Lipinski definition) is 1. The lowest BCUT2D eigenvalue weighted by atomic mass is 9.49. The number of nitrogens with one attached hydrogen (secondary N) is 1. The Hall–Kier alpha value is -1.91. The molecule has 1 N–H and O–H groups in total. The first kappa shape index (κ1) is 16.3. The van der Waals surface area contributed by atoms with Crippen LogP contribution in [0.4, 0.5) is 10.1 Å². The summed E-state index contributed by atoms with van der Waals surface area (Å²) in [6, 6.07) is 5.81. The molecule has 5 aliphatic rings. The van der Waals surface area contributed by atoms with E-state index in [4.69, 9.17) is 0 Å². The van der Waals surface area contributed by atoms with Gasteiger partial charge in [0.05, 0.1) is 5.69 Å². The summed E-state index contributed by atoms with van der Waals surface area (Å²) in [5, 5.41) is 3.05. The lowest BCUT2D eigenvalue weighted by molar-refractivity contribution is -0.148. The zero-order valence-electron chi connectivity index (χ0n) is 14.9. The minimum absolute atomic E-state index is 0.0744. The number of para-hydroxylation sites is 1. The molecule has 5 fully saturated rings. The molecule has 1 aromatic rings. The topological polar surface area (TPSA) is 49.4 Å². The lowest BCUT2D eigenvalue weighted by Crippen LogP contribution is -2.56. The van der Waals surface area contributed by atoms with Crippen LogP contribution in [-0.4, -0.2) is 24.4 Å². The second-order valence-corrected chi connectivity index (χ2v) is 8.95. The van der Waals surface area contributed by atoms with Crippen molar-refractivity contribution in [3.05, 3.63) is 30.1 Å². The molecular formula is C21H25FN2O2. The Morgan fingerprint density at radius 1 is 1.08 bits per heavy atom. The highest BCUT2D eigenvalue weighted by Gasteiger charge is 2.55. The Labute approximate surface area is 153 Å². The van der Waals surface area contributed by atoms with Crippen molar-refractivity contribution in [2.45, 2.75) is 51.0 Å². The second kappa shape index (κ2) is 5.80. The molecule has 26 heavy (non-hydrogen) atoms. The lowest BCUT2D eigenvalue weighted by Gasteiger charge is -2.55. The Bertz CT molecular complexity index is 727. The highest BCUT2D eigenvalue weighted by atomic mass is 19.1. The minimum Gasteiger partial charge on any atom is -0.344 e. The van der Waals surface area contributed by atoms with Gasteiger partial charge in [0, 0.05) is 12.0 Å². The summed E-state index contributed by atoms with van der Waals surface area (Å²) >= 11 is 0. The van der Waals surface area contributed by atoms with Gasteiger partial charge in [-0.05, 0) is 74.8 Å². The van der Waals surface area contributed by atoms with E-state index in [1.165, 1.54) is 30.2 Å². The summed E-state index contributed by atoms with van der Waals surface area (Å²) in [5.74, 6) is 1.58. The number of benzene rings is 1. The molecule has 4 aliphatic carbocycles. The van der Waals surface area contributed by atoms with Crippen LogP contribution in [-0.2, 0) is 9.59 Å². The molecule has 4 nitrogen and oxygen atoms in total. The van der Waals surface area contributed by atoms with Crippen LogP contribution in [0.15, 0.2) is 24.3 Å². The number of nitrogens with zero attached hydrogens (tertiary/aromatic N) is 1. The van der Waals surface area contributed by atoms with Gasteiger partial charge in [0.2, 0.25) is 11.8 Å². The van der Waals surface area contributed by atoms with Gasteiger partial charge in [0.1, 0.15) is 11.9 Å². The zero-order chi connectivity index (χ0) is 17.9. The predicted octanol–water partition coefficient (Wildman–Crippen LogP) is 3.26. The van der Waals surface area contributed by atoms with Crippen molar-refractivity contribution in [2.75, 3.05) is 11.4 Å². The van der Waals surface area contributed by atoms with E-state index in [0.29, 0.717) is 36.4 Å². The summed E-state index contributed by atoms with van der Waals surface area (Å²) in [6.45, 7) is 0.450. The van der Waals surface area contributed by atoms with Gasteiger partial charge in [0.15, 0.2) is 0 Å². The standard InChI is InChI=1S/C21H25FN2O2/c22-16-3-1-2-4-18(16)24-6-5-17(19(24)25)23-20(26)21-10-13-7-14(11-21)9-15(8-13)12-21/h1-4,13-15,17H,5-12H2,(H,23,26). The van der Waals surface area contributed by atoms with Crippen molar-refractivity contribution >= 4 is 17.5 Å². The SMILES string of the molecule is O=C1C(NC(=O)C23CC4CC(CC(C4)C2)C3)CCN1c1ccccc1F. The summed E-state index contributed by atoms with van der Waals surface area (Å²) in [4.78, 5) is 27.4. The van der Waals surface area contributed by atoms with Gasteiger partial charge < -0.3 is 10.2 Å². The fourth-order valence-corrected chi connectivity index (χ4v) is 6.42. The maximum atomic E-state index is 14.0. The molecule has 4 saturated carbocycles. The average molecular weight is 356 g/mol. The van der Waals surface area contributed by atoms with E-state index >= 15 is 0 Å². The molecule has 4 bridgehead atoms. The van der Waals surface area contributed by atoms with Crippen LogP contribution in [0.25, 0.3) is 0 Å².